The first-order valence-corrected chi connectivity index (χ1v) is 6.67. The van der Waals surface area contributed by atoms with Crippen LogP contribution >= 0.6 is 0 Å². The van der Waals surface area contributed by atoms with E-state index in [2.05, 4.69) is 20.6 Å². The number of aromatic nitrogens is 2. The SMILES string of the molecule is CC(=O)Nc1ccc(CC(=O)Nc2cc(=O)[nH]c(C)n2)cc1. The van der Waals surface area contributed by atoms with Gasteiger partial charge in [0.25, 0.3) is 5.56 Å². The zero-order valence-electron chi connectivity index (χ0n) is 12.3. The number of rotatable bonds is 4. The lowest BCUT2D eigenvalue weighted by Crippen LogP contribution is -2.18. The van der Waals surface area contributed by atoms with Gasteiger partial charge in [0.2, 0.25) is 11.8 Å². The minimum Gasteiger partial charge on any atom is -0.326 e. The van der Waals surface area contributed by atoms with Crippen molar-refractivity contribution in [3.05, 3.63) is 52.1 Å². The second kappa shape index (κ2) is 6.66. The lowest BCUT2D eigenvalue weighted by Gasteiger charge is -2.06. The number of anilines is 2. The van der Waals surface area contributed by atoms with Gasteiger partial charge >= 0.3 is 0 Å². The standard InChI is InChI=1S/C15H16N4O3/c1-9-16-13(8-15(22)17-9)19-14(21)7-11-3-5-12(6-4-11)18-10(2)20/h3-6,8H,7H2,1-2H3,(H,18,20)(H2,16,17,19,21,22). The predicted molar refractivity (Wildman–Crippen MR) is 82.7 cm³/mol. The van der Waals surface area contributed by atoms with Gasteiger partial charge in [-0.25, -0.2) is 4.98 Å². The molecule has 2 amide bonds. The number of carbonyl (C=O) groups is 2. The molecule has 7 heteroatoms. The number of nitrogens with zero attached hydrogens (tertiary/aromatic N) is 1. The Morgan fingerprint density at radius 2 is 1.86 bits per heavy atom. The molecule has 0 fully saturated rings. The quantitative estimate of drug-likeness (QED) is 0.789. The van der Waals surface area contributed by atoms with Crippen molar-refractivity contribution in [1.29, 1.82) is 0 Å². The maximum absolute atomic E-state index is 11.9. The Morgan fingerprint density at radius 3 is 2.45 bits per heavy atom. The fourth-order valence-corrected chi connectivity index (χ4v) is 1.93. The number of carbonyl (C=O) groups excluding carboxylic acids is 2. The molecular formula is C15H16N4O3. The average molecular weight is 300 g/mol. The number of hydrogen-bond donors (Lipinski definition) is 3. The van der Waals surface area contributed by atoms with Crippen molar-refractivity contribution in [1.82, 2.24) is 9.97 Å². The third-order valence-electron chi connectivity index (χ3n) is 2.77. The second-order valence-electron chi connectivity index (χ2n) is 4.82. The van der Waals surface area contributed by atoms with Crippen molar-refractivity contribution < 1.29 is 9.59 Å². The van der Waals surface area contributed by atoms with Crippen LogP contribution < -0.4 is 16.2 Å². The van der Waals surface area contributed by atoms with Gasteiger partial charge in [-0.15, -0.1) is 0 Å². The minimum atomic E-state index is -0.317. The van der Waals surface area contributed by atoms with Gasteiger partial charge in [-0.1, -0.05) is 12.1 Å². The molecule has 0 aliphatic rings. The molecule has 114 valence electrons. The summed E-state index contributed by atoms with van der Waals surface area (Å²) < 4.78 is 0. The summed E-state index contributed by atoms with van der Waals surface area (Å²) in [7, 11) is 0. The number of H-pyrrole nitrogens is 1. The smallest absolute Gasteiger partial charge is 0.252 e. The number of benzene rings is 1. The van der Waals surface area contributed by atoms with Crippen LogP contribution in [0.4, 0.5) is 11.5 Å². The van der Waals surface area contributed by atoms with Crippen molar-refractivity contribution in [2.24, 2.45) is 0 Å². The molecule has 0 aliphatic carbocycles. The van der Waals surface area contributed by atoms with Crippen molar-refractivity contribution in [2.45, 2.75) is 20.3 Å². The maximum Gasteiger partial charge on any atom is 0.252 e. The summed E-state index contributed by atoms with van der Waals surface area (Å²) in [5.74, 6) is 0.231. The van der Waals surface area contributed by atoms with E-state index in [9.17, 15) is 14.4 Å². The molecule has 22 heavy (non-hydrogen) atoms. The molecular weight excluding hydrogens is 284 g/mol. The van der Waals surface area contributed by atoms with Gasteiger partial charge in [-0.3, -0.25) is 14.4 Å². The highest BCUT2D eigenvalue weighted by Gasteiger charge is 2.06. The summed E-state index contributed by atoms with van der Waals surface area (Å²) in [6.45, 7) is 3.07. The monoisotopic (exact) mass is 300 g/mol. The topological polar surface area (TPSA) is 104 Å². The van der Waals surface area contributed by atoms with Crippen molar-refractivity contribution >= 4 is 23.3 Å². The third-order valence-corrected chi connectivity index (χ3v) is 2.77. The van der Waals surface area contributed by atoms with E-state index in [1.165, 1.54) is 13.0 Å². The van der Waals surface area contributed by atoms with E-state index in [1.807, 2.05) is 0 Å². The lowest BCUT2D eigenvalue weighted by molar-refractivity contribution is -0.116. The molecule has 0 saturated heterocycles. The van der Waals surface area contributed by atoms with Crippen LogP contribution in [0.15, 0.2) is 35.1 Å². The van der Waals surface area contributed by atoms with Crippen LogP contribution in [-0.2, 0) is 16.0 Å². The van der Waals surface area contributed by atoms with E-state index >= 15 is 0 Å². The molecule has 0 radical (unpaired) electrons. The van der Waals surface area contributed by atoms with E-state index in [-0.39, 0.29) is 29.6 Å². The zero-order valence-corrected chi connectivity index (χ0v) is 12.3. The number of aromatic amines is 1. The molecule has 0 aliphatic heterocycles. The number of aryl methyl sites for hydroxylation is 1. The highest BCUT2D eigenvalue weighted by molar-refractivity contribution is 5.91. The van der Waals surface area contributed by atoms with Crippen LogP contribution in [0.25, 0.3) is 0 Å². The molecule has 0 saturated carbocycles. The maximum atomic E-state index is 11.9. The van der Waals surface area contributed by atoms with Crippen LogP contribution in [-0.4, -0.2) is 21.8 Å². The molecule has 3 N–H and O–H groups in total. The Bertz CT molecular complexity index is 750. The first-order valence-electron chi connectivity index (χ1n) is 6.67. The lowest BCUT2D eigenvalue weighted by atomic mass is 10.1. The fourth-order valence-electron chi connectivity index (χ4n) is 1.93. The van der Waals surface area contributed by atoms with E-state index in [0.717, 1.165) is 5.56 Å². The fraction of sp³-hybridized carbons (Fsp3) is 0.200. The van der Waals surface area contributed by atoms with E-state index in [1.54, 1.807) is 31.2 Å². The highest BCUT2D eigenvalue weighted by atomic mass is 16.2. The first kappa shape index (κ1) is 15.4. The zero-order chi connectivity index (χ0) is 16.1. The third kappa shape index (κ3) is 4.55. The molecule has 0 spiro atoms. The van der Waals surface area contributed by atoms with Gasteiger partial charge in [-0.05, 0) is 24.6 Å². The molecule has 2 aromatic rings. The van der Waals surface area contributed by atoms with Gasteiger partial charge in [0.15, 0.2) is 0 Å². The normalized spacial score (nSPS) is 10.1. The molecule has 7 nitrogen and oxygen atoms in total. The highest BCUT2D eigenvalue weighted by Crippen LogP contribution is 2.10. The first-order chi connectivity index (χ1) is 10.4. The largest absolute Gasteiger partial charge is 0.326 e. The van der Waals surface area contributed by atoms with E-state index in [0.29, 0.717) is 11.5 Å². The summed E-state index contributed by atoms with van der Waals surface area (Å²) in [5, 5.41) is 5.23. The van der Waals surface area contributed by atoms with Crippen LogP contribution in [0.1, 0.15) is 18.3 Å². The second-order valence-corrected chi connectivity index (χ2v) is 4.82. The Kier molecular flexibility index (Phi) is 4.67. The Hall–Kier alpha value is -2.96. The van der Waals surface area contributed by atoms with Gasteiger partial charge in [-0.2, -0.15) is 0 Å². The van der Waals surface area contributed by atoms with Gasteiger partial charge < -0.3 is 15.6 Å². The van der Waals surface area contributed by atoms with Crippen LogP contribution in [0.5, 0.6) is 0 Å². The van der Waals surface area contributed by atoms with Crippen molar-refractivity contribution in [3.63, 3.8) is 0 Å². The molecule has 0 unspecified atom stereocenters. The molecule has 1 heterocycles. The van der Waals surface area contributed by atoms with Gasteiger partial charge in [0.1, 0.15) is 11.6 Å². The van der Waals surface area contributed by atoms with E-state index < -0.39 is 0 Å². The molecule has 1 aromatic heterocycles. The minimum absolute atomic E-state index is 0.147. The van der Waals surface area contributed by atoms with Crippen LogP contribution in [0, 0.1) is 6.92 Å². The Morgan fingerprint density at radius 1 is 1.18 bits per heavy atom. The van der Waals surface area contributed by atoms with Crippen molar-refractivity contribution in [2.75, 3.05) is 10.6 Å². The number of nitrogens with one attached hydrogen (secondary N) is 3. The summed E-state index contributed by atoms with van der Waals surface area (Å²) in [6, 6.07) is 8.17. The summed E-state index contributed by atoms with van der Waals surface area (Å²) >= 11 is 0. The number of hydrogen-bond acceptors (Lipinski definition) is 4. The Balaban J connectivity index is 1.99. The van der Waals surface area contributed by atoms with Crippen molar-refractivity contribution in [3.8, 4) is 0 Å². The Labute approximate surface area is 126 Å². The average Bonchev–Trinajstić information content (AvgIpc) is 2.39. The van der Waals surface area contributed by atoms with Gasteiger partial charge in [0.05, 0.1) is 6.42 Å². The van der Waals surface area contributed by atoms with Crippen LogP contribution in [0.2, 0.25) is 0 Å². The van der Waals surface area contributed by atoms with E-state index in [4.69, 9.17) is 0 Å². The van der Waals surface area contributed by atoms with Gasteiger partial charge in [0, 0.05) is 18.7 Å². The summed E-state index contributed by atoms with van der Waals surface area (Å²) in [5.41, 5.74) is 1.14. The number of amides is 2. The summed E-state index contributed by atoms with van der Waals surface area (Å²) in [6.07, 6.45) is 0.147. The van der Waals surface area contributed by atoms with Crippen LogP contribution in [0.3, 0.4) is 0 Å². The molecule has 0 atom stereocenters. The summed E-state index contributed by atoms with van der Waals surface area (Å²) in [4.78, 5) is 40.7. The molecule has 0 bridgehead atoms. The predicted octanol–water partition coefficient (Wildman–Crippen LogP) is 1.22. The molecule has 2 rings (SSSR count). The molecule has 1 aromatic carbocycles.